The highest BCUT2D eigenvalue weighted by molar-refractivity contribution is 6.32. The first-order chi connectivity index (χ1) is 15.0. The van der Waals surface area contributed by atoms with Crippen LogP contribution < -0.4 is 14.8 Å². The summed E-state index contributed by atoms with van der Waals surface area (Å²) in [5.74, 6) is 0.549. The number of amides is 2. The summed E-state index contributed by atoms with van der Waals surface area (Å²) in [6.45, 7) is 4.08. The topological polar surface area (TPSA) is 77.1 Å². The van der Waals surface area contributed by atoms with Crippen LogP contribution in [0.25, 0.3) is 0 Å². The molecule has 0 saturated carbocycles. The number of para-hydroxylation sites is 1. The first-order valence-electron chi connectivity index (χ1n) is 9.99. The lowest BCUT2D eigenvalue weighted by Crippen LogP contribution is -2.49. The Morgan fingerprint density at radius 2 is 1.94 bits per heavy atom. The van der Waals surface area contributed by atoms with E-state index in [9.17, 15) is 9.59 Å². The molecule has 1 heterocycles. The number of ether oxygens (including phenoxy) is 3. The number of urea groups is 1. The molecule has 2 amide bonds. The molecule has 0 saturated heterocycles. The quantitative estimate of drug-likeness (QED) is 0.613. The number of benzene rings is 2. The largest absolute Gasteiger partial charge is 0.497 e. The van der Waals surface area contributed by atoms with Crippen molar-refractivity contribution < 1.29 is 23.8 Å². The maximum Gasteiger partial charge on any atom is 0.338 e. The first kappa shape index (κ1) is 22.5. The predicted molar refractivity (Wildman–Crippen MR) is 117 cm³/mol. The molecule has 3 rings (SSSR count). The van der Waals surface area contributed by atoms with Gasteiger partial charge in [-0.25, -0.2) is 9.59 Å². The van der Waals surface area contributed by atoms with E-state index in [4.69, 9.17) is 25.8 Å². The normalized spacial score (nSPS) is 16.1. The standard InChI is InChI=1S/C23H25ClN2O5/c1-4-26-18(14-31-19-12-7-6-11-17(19)24)20(22(27)30-5-2)21(25-23(26)28)15-9-8-10-16(13-15)29-3/h6-13,21H,4-5,14H2,1-3H3,(H,25,28)/t21-/m1/s1. The minimum Gasteiger partial charge on any atom is -0.497 e. The Labute approximate surface area is 186 Å². The molecular formula is C23H25ClN2O5. The Balaban J connectivity index is 2.09. The van der Waals surface area contributed by atoms with Crippen LogP contribution in [0.1, 0.15) is 25.5 Å². The number of likely N-dealkylation sites (N-methyl/N-ethyl adjacent to an activating group) is 1. The molecule has 0 bridgehead atoms. The smallest absolute Gasteiger partial charge is 0.338 e. The number of halogens is 1. The van der Waals surface area contributed by atoms with Crippen LogP contribution in [0.2, 0.25) is 5.02 Å². The van der Waals surface area contributed by atoms with Gasteiger partial charge in [-0.05, 0) is 43.7 Å². The van der Waals surface area contributed by atoms with Gasteiger partial charge in [-0.1, -0.05) is 35.9 Å². The van der Waals surface area contributed by atoms with Crippen molar-refractivity contribution in [2.75, 3.05) is 26.9 Å². The van der Waals surface area contributed by atoms with Gasteiger partial charge >= 0.3 is 12.0 Å². The molecule has 0 spiro atoms. The van der Waals surface area contributed by atoms with Crippen molar-refractivity contribution in [3.05, 3.63) is 70.4 Å². The van der Waals surface area contributed by atoms with Crippen LogP contribution in [-0.4, -0.2) is 43.8 Å². The number of nitrogens with zero attached hydrogens (tertiary/aromatic N) is 1. The Morgan fingerprint density at radius 1 is 1.16 bits per heavy atom. The van der Waals surface area contributed by atoms with Gasteiger partial charge in [-0.3, -0.25) is 4.90 Å². The number of esters is 1. The monoisotopic (exact) mass is 444 g/mol. The third-order valence-corrected chi connectivity index (χ3v) is 5.19. The fraction of sp³-hybridized carbons (Fsp3) is 0.304. The van der Waals surface area contributed by atoms with Crippen LogP contribution in [0.15, 0.2) is 59.8 Å². The summed E-state index contributed by atoms with van der Waals surface area (Å²) < 4.78 is 16.5. The molecule has 7 nitrogen and oxygen atoms in total. The van der Waals surface area contributed by atoms with Gasteiger partial charge in [0.25, 0.3) is 0 Å². The Kier molecular flexibility index (Phi) is 7.41. The van der Waals surface area contributed by atoms with Crippen LogP contribution in [-0.2, 0) is 9.53 Å². The second kappa shape index (κ2) is 10.2. The lowest BCUT2D eigenvalue weighted by atomic mass is 9.94. The molecule has 0 aromatic heterocycles. The van der Waals surface area contributed by atoms with Crippen LogP contribution >= 0.6 is 11.6 Å². The molecule has 0 aliphatic carbocycles. The summed E-state index contributed by atoms with van der Waals surface area (Å²) in [4.78, 5) is 27.4. The number of nitrogens with one attached hydrogen (secondary N) is 1. The van der Waals surface area contributed by atoms with Crippen molar-refractivity contribution in [2.45, 2.75) is 19.9 Å². The number of hydrogen-bond donors (Lipinski definition) is 1. The predicted octanol–water partition coefficient (Wildman–Crippen LogP) is 4.33. The highest BCUT2D eigenvalue weighted by atomic mass is 35.5. The molecule has 164 valence electrons. The van der Waals surface area contributed by atoms with Gasteiger partial charge in [-0.15, -0.1) is 0 Å². The van der Waals surface area contributed by atoms with Gasteiger partial charge in [0.05, 0.1) is 36.1 Å². The van der Waals surface area contributed by atoms with Crippen molar-refractivity contribution in [3.8, 4) is 11.5 Å². The lowest BCUT2D eigenvalue weighted by Gasteiger charge is -2.36. The maximum atomic E-state index is 13.0. The molecule has 1 atom stereocenters. The number of carbonyl (C=O) groups is 2. The first-order valence-corrected chi connectivity index (χ1v) is 10.4. The number of carbonyl (C=O) groups excluding carboxylic acids is 2. The van der Waals surface area contributed by atoms with Crippen LogP contribution in [0.4, 0.5) is 4.79 Å². The summed E-state index contributed by atoms with van der Waals surface area (Å²) in [5.41, 5.74) is 1.43. The third kappa shape index (κ3) is 4.94. The average molecular weight is 445 g/mol. The van der Waals surface area contributed by atoms with Crippen molar-refractivity contribution in [1.82, 2.24) is 10.2 Å². The molecule has 1 aliphatic heterocycles. The van der Waals surface area contributed by atoms with Gasteiger partial charge in [0, 0.05) is 6.54 Å². The molecule has 2 aromatic rings. The molecular weight excluding hydrogens is 420 g/mol. The van der Waals surface area contributed by atoms with Crippen molar-refractivity contribution in [3.63, 3.8) is 0 Å². The fourth-order valence-electron chi connectivity index (χ4n) is 3.42. The minimum atomic E-state index is -0.714. The summed E-state index contributed by atoms with van der Waals surface area (Å²) in [6, 6.07) is 13.2. The van der Waals surface area contributed by atoms with Crippen LogP contribution in [0.5, 0.6) is 11.5 Å². The molecule has 1 aliphatic rings. The molecule has 0 radical (unpaired) electrons. The highest BCUT2D eigenvalue weighted by Gasteiger charge is 2.38. The van der Waals surface area contributed by atoms with E-state index in [1.54, 1.807) is 56.5 Å². The van der Waals surface area contributed by atoms with Gasteiger partial charge in [0.1, 0.15) is 18.1 Å². The average Bonchev–Trinajstić information content (AvgIpc) is 2.78. The van der Waals surface area contributed by atoms with E-state index in [-0.39, 0.29) is 19.2 Å². The Bertz CT molecular complexity index is 991. The van der Waals surface area contributed by atoms with Gasteiger partial charge in [0.2, 0.25) is 0 Å². The molecule has 1 N–H and O–H groups in total. The van der Waals surface area contributed by atoms with E-state index in [0.29, 0.717) is 39.9 Å². The maximum absolute atomic E-state index is 13.0. The fourth-order valence-corrected chi connectivity index (χ4v) is 3.61. The van der Waals surface area contributed by atoms with Crippen LogP contribution in [0, 0.1) is 0 Å². The summed E-state index contributed by atoms with van der Waals surface area (Å²) >= 11 is 6.21. The molecule has 0 fully saturated rings. The van der Waals surface area contributed by atoms with E-state index < -0.39 is 12.0 Å². The zero-order valence-electron chi connectivity index (χ0n) is 17.7. The highest BCUT2D eigenvalue weighted by Crippen LogP contribution is 2.34. The SMILES string of the molecule is CCOC(=O)C1=C(COc2ccccc2Cl)N(CC)C(=O)N[C@@H]1c1cccc(OC)c1. The zero-order chi connectivity index (χ0) is 22.4. The lowest BCUT2D eigenvalue weighted by molar-refractivity contribution is -0.139. The Hall–Kier alpha value is -3.19. The van der Waals surface area contributed by atoms with Gasteiger partial charge < -0.3 is 19.5 Å². The molecule has 2 aromatic carbocycles. The molecule has 8 heteroatoms. The van der Waals surface area contributed by atoms with Crippen molar-refractivity contribution >= 4 is 23.6 Å². The zero-order valence-corrected chi connectivity index (χ0v) is 18.4. The van der Waals surface area contributed by atoms with Crippen LogP contribution in [0.3, 0.4) is 0 Å². The number of hydrogen-bond acceptors (Lipinski definition) is 5. The van der Waals surface area contributed by atoms with Gasteiger partial charge in [0.15, 0.2) is 0 Å². The van der Waals surface area contributed by atoms with Gasteiger partial charge in [-0.2, -0.15) is 0 Å². The van der Waals surface area contributed by atoms with E-state index in [0.717, 1.165) is 0 Å². The second-order valence-electron chi connectivity index (χ2n) is 6.70. The van der Waals surface area contributed by atoms with Crippen molar-refractivity contribution in [1.29, 1.82) is 0 Å². The van der Waals surface area contributed by atoms with E-state index >= 15 is 0 Å². The summed E-state index contributed by atoms with van der Waals surface area (Å²) in [6.07, 6.45) is 0. The van der Waals surface area contributed by atoms with E-state index in [1.807, 2.05) is 13.0 Å². The van der Waals surface area contributed by atoms with Crippen molar-refractivity contribution in [2.24, 2.45) is 0 Å². The second-order valence-corrected chi connectivity index (χ2v) is 7.11. The summed E-state index contributed by atoms with van der Waals surface area (Å²) in [5, 5.41) is 3.34. The molecule has 31 heavy (non-hydrogen) atoms. The Morgan fingerprint density at radius 3 is 2.61 bits per heavy atom. The minimum absolute atomic E-state index is 0.0282. The number of rotatable bonds is 8. The third-order valence-electron chi connectivity index (χ3n) is 4.88. The van der Waals surface area contributed by atoms with E-state index in [2.05, 4.69) is 5.32 Å². The summed E-state index contributed by atoms with van der Waals surface area (Å²) in [7, 11) is 1.56. The molecule has 0 unspecified atom stereocenters. The van der Waals surface area contributed by atoms with E-state index in [1.165, 1.54) is 4.90 Å². The number of methoxy groups -OCH3 is 1.